The van der Waals surface area contributed by atoms with Gasteiger partial charge in [0.15, 0.2) is 0 Å². The predicted octanol–water partition coefficient (Wildman–Crippen LogP) is 14.5. The number of aromatic nitrogens is 4. The molecule has 0 N–H and O–H groups in total. The van der Waals surface area contributed by atoms with E-state index in [0.29, 0.717) is 11.3 Å². The fourth-order valence-corrected chi connectivity index (χ4v) is 8.57. The maximum Gasteiger partial charge on any atom is 0.227 e. The van der Waals surface area contributed by atoms with E-state index < -0.39 is 12.7 Å². The summed E-state index contributed by atoms with van der Waals surface area (Å²) in [7, 11) is 0. The number of benzene rings is 5. The highest BCUT2D eigenvalue weighted by atomic mass is 16.3. The molecule has 5 aromatic carbocycles. The number of rotatable bonds is 12. The maximum absolute atomic E-state index is 9.47. The molecule has 0 atom stereocenters. The van der Waals surface area contributed by atoms with Crippen molar-refractivity contribution in [3.63, 3.8) is 0 Å². The van der Waals surface area contributed by atoms with Gasteiger partial charge in [-0.25, -0.2) is 4.98 Å². The molecule has 0 saturated carbocycles. The first-order valence-corrected chi connectivity index (χ1v) is 21.5. The van der Waals surface area contributed by atoms with Gasteiger partial charge in [-0.15, -0.1) is 0 Å². The molecule has 5 aromatic heterocycles. The lowest BCUT2D eigenvalue weighted by Crippen LogP contribution is -2.00. The SMILES string of the molecule is [2H]C([2H])([2H])c1ccc2c(n1)oc1c(-c3cc(C([2H])(C)C)c(-c4ccccc4-c4cc(CCc5ccc(-c6ccccc6)nc5)cc(CCc5ccc(-c6ccccc6)nc5)c4)cn3)cccc12. The summed E-state index contributed by atoms with van der Waals surface area (Å²) in [5.74, 6) is -1.00. The molecule has 5 heterocycles. The Morgan fingerprint density at radius 3 is 1.67 bits per heavy atom. The zero-order chi connectivity index (χ0) is 46.1. The van der Waals surface area contributed by atoms with E-state index >= 15 is 0 Å². The first-order chi connectivity index (χ1) is 32.4. The van der Waals surface area contributed by atoms with E-state index in [0.717, 1.165) is 92.4 Å². The van der Waals surface area contributed by atoms with Crippen LogP contribution in [0.15, 0.2) is 187 Å². The second kappa shape index (κ2) is 17.5. The first-order valence-electron chi connectivity index (χ1n) is 23.5. The highest BCUT2D eigenvalue weighted by molar-refractivity contribution is 6.08. The van der Waals surface area contributed by atoms with E-state index in [2.05, 4.69) is 89.9 Å². The van der Waals surface area contributed by atoms with Crippen LogP contribution in [0.4, 0.5) is 0 Å². The summed E-state index contributed by atoms with van der Waals surface area (Å²) in [6.45, 7) is 1.45. The molecular weight excluding hydrogens is 769 g/mol. The topological polar surface area (TPSA) is 64.7 Å². The second-order valence-corrected chi connectivity index (χ2v) is 16.4. The molecule has 0 aliphatic heterocycles. The molecule has 0 spiro atoms. The highest BCUT2D eigenvalue weighted by Gasteiger charge is 2.19. The van der Waals surface area contributed by atoms with Crippen LogP contribution in [0.3, 0.4) is 0 Å². The second-order valence-electron chi connectivity index (χ2n) is 16.4. The van der Waals surface area contributed by atoms with Crippen LogP contribution in [0.5, 0.6) is 0 Å². The first kappa shape index (κ1) is 35.1. The van der Waals surface area contributed by atoms with E-state index in [9.17, 15) is 1.37 Å². The van der Waals surface area contributed by atoms with E-state index in [4.69, 9.17) is 23.5 Å². The van der Waals surface area contributed by atoms with Crippen molar-refractivity contribution in [3.05, 3.63) is 216 Å². The summed E-state index contributed by atoms with van der Waals surface area (Å²) in [6.07, 6.45) is 9.24. The fourth-order valence-electron chi connectivity index (χ4n) is 8.57. The average Bonchev–Trinajstić information content (AvgIpc) is 3.74. The van der Waals surface area contributed by atoms with Gasteiger partial charge < -0.3 is 4.42 Å². The van der Waals surface area contributed by atoms with Gasteiger partial charge >= 0.3 is 0 Å². The number of hydrogen-bond donors (Lipinski definition) is 0. The van der Waals surface area contributed by atoms with Crippen LogP contribution in [-0.4, -0.2) is 19.9 Å². The highest BCUT2D eigenvalue weighted by Crippen LogP contribution is 2.40. The lowest BCUT2D eigenvalue weighted by molar-refractivity contribution is 0.653. The number of pyridine rings is 4. The van der Waals surface area contributed by atoms with Gasteiger partial charge in [-0.05, 0) is 119 Å². The van der Waals surface area contributed by atoms with Gasteiger partial charge in [0.05, 0.1) is 17.1 Å². The van der Waals surface area contributed by atoms with Crippen molar-refractivity contribution in [2.24, 2.45) is 0 Å². The number of hydrogen-bond acceptors (Lipinski definition) is 5. The van der Waals surface area contributed by atoms with Crippen LogP contribution < -0.4 is 0 Å². The minimum Gasteiger partial charge on any atom is -0.437 e. The molecule has 0 radical (unpaired) electrons. The Morgan fingerprint density at radius 1 is 0.476 bits per heavy atom. The van der Waals surface area contributed by atoms with Gasteiger partial charge in [0.1, 0.15) is 5.58 Å². The summed E-state index contributed by atoms with van der Waals surface area (Å²) < 4.78 is 39.4. The van der Waals surface area contributed by atoms with Gasteiger partial charge in [0, 0.05) is 62.8 Å². The molecule has 0 aliphatic carbocycles. The van der Waals surface area contributed by atoms with Gasteiger partial charge in [0.25, 0.3) is 0 Å². The Kier molecular flexibility index (Phi) is 9.74. The molecule has 5 heteroatoms. The molecule has 0 fully saturated rings. The number of fused-ring (bicyclic) bond motifs is 3. The molecule has 0 amide bonds. The normalized spacial score (nSPS) is 12.8. The number of furan rings is 1. The molecule has 10 aromatic rings. The zero-order valence-corrected chi connectivity index (χ0v) is 35.3. The molecule has 0 bridgehead atoms. The van der Waals surface area contributed by atoms with Gasteiger partial charge in [-0.2, -0.15) is 0 Å². The van der Waals surface area contributed by atoms with Gasteiger partial charge in [-0.3, -0.25) is 15.0 Å². The van der Waals surface area contributed by atoms with Crippen LogP contribution in [-0.2, 0) is 25.7 Å². The Morgan fingerprint density at radius 2 is 1.06 bits per heavy atom. The number of para-hydroxylation sites is 1. The molecule has 63 heavy (non-hydrogen) atoms. The van der Waals surface area contributed by atoms with Crippen molar-refractivity contribution in [2.75, 3.05) is 0 Å². The molecule has 0 saturated heterocycles. The van der Waals surface area contributed by atoms with E-state index in [-0.39, 0.29) is 11.4 Å². The van der Waals surface area contributed by atoms with Crippen LogP contribution in [0.2, 0.25) is 0 Å². The molecule has 0 unspecified atom stereocenters. The smallest absolute Gasteiger partial charge is 0.227 e. The lowest BCUT2D eigenvalue weighted by Gasteiger charge is -2.19. The Balaban J connectivity index is 1.01. The standard InChI is InChI=1S/C58H48N4O/c1-38(2)52-34-56(51-20-12-19-49-50-28-21-39(3)62-58(50)63-57(49)51)61-37-53(52)48-18-11-10-17-47(48)46-32-42(24-22-40-26-29-54(59-35-40)44-13-6-4-7-14-44)31-43(33-46)25-23-41-27-30-55(60-36-41)45-15-8-5-9-16-45/h4-21,26-38H,22-25H2,1-3H3/i3D3,38D. The maximum atomic E-state index is 9.47. The lowest BCUT2D eigenvalue weighted by atomic mass is 9.87. The Bertz CT molecular complexity index is 3260. The van der Waals surface area contributed by atoms with Gasteiger partial charge in [-0.1, -0.05) is 141 Å². The zero-order valence-electron chi connectivity index (χ0n) is 39.3. The van der Waals surface area contributed by atoms with Crippen LogP contribution in [0, 0.1) is 6.85 Å². The predicted molar refractivity (Wildman–Crippen MR) is 259 cm³/mol. The third kappa shape index (κ3) is 8.43. The summed E-state index contributed by atoms with van der Waals surface area (Å²) in [5.41, 5.74) is 16.0. The van der Waals surface area contributed by atoms with Crippen molar-refractivity contribution >= 4 is 22.1 Å². The van der Waals surface area contributed by atoms with Crippen molar-refractivity contribution < 1.29 is 9.90 Å². The largest absolute Gasteiger partial charge is 0.437 e. The molecule has 306 valence electrons. The van der Waals surface area contributed by atoms with Crippen LogP contribution in [0.1, 0.15) is 58.7 Å². The third-order valence-electron chi connectivity index (χ3n) is 11.9. The van der Waals surface area contributed by atoms with E-state index in [1.165, 1.54) is 28.3 Å². The van der Waals surface area contributed by atoms with Crippen molar-refractivity contribution in [1.82, 2.24) is 19.9 Å². The summed E-state index contributed by atoms with van der Waals surface area (Å²) >= 11 is 0. The molecule has 5 nitrogen and oxygen atoms in total. The molecular formula is C58H48N4O. The summed E-state index contributed by atoms with van der Waals surface area (Å²) in [4.78, 5) is 19.1. The molecule has 10 rings (SSSR count). The fraction of sp³-hybridized carbons (Fsp3) is 0.138. The van der Waals surface area contributed by atoms with E-state index in [1.54, 1.807) is 6.07 Å². The van der Waals surface area contributed by atoms with Gasteiger partial charge in [0.2, 0.25) is 5.71 Å². The minimum absolute atomic E-state index is 0.0186. The van der Waals surface area contributed by atoms with E-state index in [1.807, 2.05) is 99.2 Å². The van der Waals surface area contributed by atoms with Crippen LogP contribution >= 0.6 is 0 Å². The monoisotopic (exact) mass is 820 g/mol. The summed E-state index contributed by atoms with van der Waals surface area (Å²) in [6, 6.07) is 55.6. The van der Waals surface area contributed by atoms with Crippen molar-refractivity contribution in [1.29, 1.82) is 0 Å². The quantitative estimate of drug-likeness (QED) is 0.123. The number of nitrogens with zero attached hydrogens (tertiary/aromatic N) is 4. The van der Waals surface area contributed by atoms with Crippen molar-refractivity contribution in [3.8, 4) is 56.0 Å². The molecule has 0 aliphatic rings. The number of aryl methyl sites for hydroxylation is 5. The third-order valence-corrected chi connectivity index (χ3v) is 11.9. The summed E-state index contributed by atoms with van der Waals surface area (Å²) in [5, 5.41) is 1.55. The average molecular weight is 821 g/mol. The Labute approximate surface area is 374 Å². The minimum atomic E-state index is -2.36. The Hall–Kier alpha value is -7.50. The van der Waals surface area contributed by atoms with Crippen molar-refractivity contribution in [2.45, 2.75) is 52.3 Å². The van der Waals surface area contributed by atoms with Crippen LogP contribution in [0.25, 0.3) is 78.1 Å².